The predicted octanol–water partition coefficient (Wildman–Crippen LogP) is 15.5. The van der Waals surface area contributed by atoms with Gasteiger partial charge in [-0.2, -0.15) is 0 Å². The van der Waals surface area contributed by atoms with E-state index in [-0.39, 0.29) is 10.8 Å². The highest BCUT2D eigenvalue weighted by Gasteiger charge is 2.24. The summed E-state index contributed by atoms with van der Waals surface area (Å²) in [7, 11) is 0. The van der Waals surface area contributed by atoms with Crippen LogP contribution in [0, 0.1) is 0 Å². The van der Waals surface area contributed by atoms with E-state index in [2.05, 4.69) is 209 Å². The molecule has 0 aliphatic carbocycles. The molecule has 0 aliphatic rings. The number of hydrogen-bond donors (Lipinski definition) is 0. The minimum atomic E-state index is 0.0174. The fourth-order valence-corrected chi connectivity index (χ4v) is 9.73. The fraction of sp³-hybridized carbons (Fsp3) is 0.154. The summed E-state index contributed by atoms with van der Waals surface area (Å²) in [5.41, 5.74) is 9.83. The Bertz CT molecular complexity index is 3080. The molecule has 2 heterocycles. The molecule has 8 aromatic carbocycles. The maximum Gasteiger partial charge on any atom is 0.0554 e. The third-order valence-corrected chi connectivity index (χ3v) is 12.5. The van der Waals surface area contributed by atoms with E-state index in [1.807, 2.05) is 11.3 Å². The van der Waals surface area contributed by atoms with Gasteiger partial charge in [0.15, 0.2) is 0 Å². The largest absolute Gasteiger partial charge is 0.310 e. The molecule has 2 aromatic heterocycles. The summed E-state index contributed by atoms with van der Waals surface area (Å²) in [5.74, 6) is 0. The Morgan fingerprint density at radius 3 is 1.76 bits per heavy atom. The Hall–Kier alpha value is -5.90. The van der Waals surface area contributed by atoms with Gasteiger partial charge in [0.1, 0.15) is 0 Å². The van der Waals surface area contributed by atoms with Crippen LogP contribution in [0.1, 0.15) is 52.7 Å². The molecule has 10 rings (SSSR count). The number of hydrogen-bond acceptors (Lipinski definition) is 2. The van der Waals surface area contributed by atoms with E-state index in [0.717, 1.165) is 11.4 Å². The van der Waals surface area contributed by atoms with Crippen LogP contribution < -0.4 is 4.90 Å². The first kappa shape index (κ1) is 33.7. The minimum absolute atomic E-state index is 0.0174. The Kier molecular flexibility index (Phi) is 7.53. The molecule has 0 saturated carbocycles. The van der Waals surface area contributed by atoms with Crippen molar-refractivity contribution < 1.29 is 0 Å². The van der Waals surface area contributed by atoms with Crippen molar-refractivity contribution in [3.05, 3.63) is 169 Å². The van der Waals surface area contributed by atoms with Crippen LogP contribution in [-0.2, 0) is 10.8 Å². The zero-order valence-corrected chi connectivity index (χ0v) is 33.1. The summed E-state index contributed by atoms with van der Waals surface area (Å²) < 4.78 is 5.10. The van der Waals surface area contributed by atoms with Crippen LogP contribution in [0.4, 0.5) is 17.1 Å². The van der Waals surface area contributed by atoms with Gasteiger partial charge < -0.3 is 9.47 Å². The SMILES string of the molecule is CC(C)(C)c1cc(-n2c3ccccc3c3cc(N(c4ccccc4)c4cc5sc6ccc7ccccc7c6c5c5ccccc45)ccc32)cc(C(C)(C)C)c1. The average molecular weight is 729 g/mol. The van der Waals surface area contributed by atoms with E-state index in [4.69, 9.17) is 0 Å². The van der Waals surface area contributed by atoms with Gasteiger partial charge in [-0.05, 0) is 98.8 Å². The van der Waals surface area contributed by atoms with Crippen LogP contribution in [0.2, 0.25) is 0 Å². The molecule has 0 amide bonds. The van der Waals surface area contributed by atoms with E-state index in [1.54, 1.807) is 0 Å². The number of para-hydroxylation sites is 2. The van der Waals surface area contributed by atoms with E-state index in [0.29, 0.717) is 0 Å². The highest BCUT2D eigenvalue weighted by molar-refractivity contribution is 7.26. The maximum atomic E-state index is 2.48. The van der Waals surface area contributed by atoms with Crippen molar-refractivity contribution >= 4 is 91.9 Å². The van der Waals surface area contributed by atoms with Crippen molar-refractivity contribution in [1.29, 1.82) is 0 Å². The monoisotopic (exact) mass is 728 g/mol. The first-order chi connectivity index (χ1) is 26.5. The normalized spacial score (nSPS) is 12.5. The molecule has 10 aromatic rings. The van der Waals surface area contributed by atoms with Crippen molar-refractivity contribution in [2.45, 2.75) is 52.4 Å². The van der Waals surface area contributed by atoms with Gasteiger partial charge in [-0.15, -0.1) is 11.3 Å². The van der Waals surface area contributed by atoms with Crippen molar-refractivity contribution in [2.24, 2.45) is 0 Å². The highest BCUT2D eigenvalue weighted by Crippen LogP contribution is 2.48. The summed E-state index contributed by atoms with van der Waals surface area (Å²) in [6, 6.07) is 58.8. The van der Waals surface area contributed by atoms with Crippen LogP contribution in [0.15, 0.2) is 158 Å². The number of aromatic nitrogens is 1. The molecule has 268 valence electrons. The van der Waals surface area contributed by atoms with Gasteiger partial charge in [-0.3, -0.25) is 0 Å². The van der Waals surface area contributed by atoms with Crippen LogP contribution >= 0.6 is 11.3 Å². The molecule has 0 N–H and O–H groups in total. The summed E-state index contributed by atoms with van der Waals surface area (Å²) in [6.07, 6.45) is 0. The highest BCUT2D eigenvalue weighted by atomic mass is 32.1. The molecule has 0 radical (unpaired) electrons. The number of thiophene rings is 1. The summed E-state index contributed by atoms with van der Waals surface area (Å²) in [5, 5.41) is 10.3. The Morgan fingerprint density at radius 2 is 1.04 bits per heavy atom. The molecular formula is C52H44N2S. The second-order valence-corrected chi connectivity index (χ2v) is 18.2. The number of anilines is 3. The molecule has 0 bridgehead atoms. The lowest BCUT2D eigenvalue weighted by atomic mass is 9.80. The molecule has 2 nitrogen and oxygen atoms in total. The molecule has 3 heteroatoms. The lowest BCUT2D eigenvalue weighted by Crippen LogP contribution is -2.17. The van der Waals surface area contributed by atoms with Crippen LogP contribution in [0.25, 0.3) is 69.2 Å². The van der Waals surface area contributed by atoms with Gasteiger partial charge in [0.25, 0.3) is 0 Å². The molecule has 0 saturated heterocycles. The third-order valence-electron chi connectivity index (χ3n) is 11.4. The molecule has 0 unspecified atom stereocenters. The van der Waals surface area contributed by atoms with Gasteiger partial charge in [0, 0.05) is 53.4 Å². The van der Waals surface area contributed by atoms with Crippen molar-refractivity contribution in [1.82, 2.24) is 4.57 Å². The van der Waals surface area contributed by atoms with E-state index < -0.39 is 0 Å². The van der Waals surface area contributed by atoms with Gasteiger partial charge in [0.2, 0.25) is 0 Å². The van der Waals surface area contributed by atoms with Gasteiger partial charge in [-0.25, -0.2) is 0 Å². The lowest BCUT2D eigenvalue weighted by molar-refractivity contribution is 0.568. The van der Waals surface area contributed by atoms with Crippen molar-refractivity contribution in [3.8, 4) is 5.69 Å². The summed E-state index contributed by atoms with van der Waals surface area (Å²) in [4.78, 5) is 2.47. The fourth-order valence-electron chi connectivity index (χ4n) is 8.56. The molecule has 0 aliphatic heterocycles. The van der Waals surface area contributed by atoms with Crippen LogP contribution in [-0.4, -0.2) is 4.57 Å². The second kappa shape index (κ2) is 12.3. The molecule has 0 spiro atoms. The van der Waals surface area contributed by atoms with Gasteiger partial charge in [-0.1, -0.05) is 139 Å². The third kappa shape index (κ3) is 5.44. The lowest BCUT2D eigenvalue weighted by Gasteiger charge is -2.27. The Labute approximate surface area is 326 Å². The maximum absolute atomic E-state index is 2.48. The minimum Gasteiger partial charge on any atom is -0.310 e. The Balaban J connectivity index is 1.25. The molecule has 0 atom stereocenters. The summed E-state index contributed by atoms with van der Waals surface area (Å²) >= 11 is 1.89. The molecule has 55 heavy (non-hydrogen) atoms. The average Bonchev–Trinajstić information content (AvgIpc) is 3.74. The van der Waals surface area contributed by atoms with Gasteiger partial charge in [0.05, 0.1) is 16.7 Å². The van der Waals surface area contributed by atoms with E-state index >= 15 is 0 Å². The second-order valence-electron chi connectivity index (χ2n) is 17.1. The van der Waals surface area contributed by atoms with Crippen molar-refractivity contribution in [3.63, 3.8) is 0 Å². The van der Waals surface area contributed by atoms with Crippen LogP contribution in [0.3, 0.4) is 0 Å². The first-order valence-corrected chi connectivity index (χ1v) is 20.2. The van der Waals surface area contributed by atoms with Crippen LogP contribution in [0.5, 0.6) is 0 Å². The zero-order chi connectivity index (χ0) is 37.6. The molecule has 0 fully saturated rings. The van der Waals surface area contributed by atoms with Gasteiger partial charge >= 0.3 is 0 Å². The number of rotatable bonds is 4. The number of nitrogens with zero attached hydrogens (tertiary/aromatic N) is 2. The smallest absolute Gasteiger partial charge is 0.0554 e. The van der Waals surface area contributed by atoms with Crippen molar-refractivity contribution in [2.75, 3.05) is 4.90 Å². The summed E-state index contributed by atoms with van der Waals surface area (Å²) in [6.45, 7) is 13.9. The van der Waals surface area contributed by atoms with E-state index in [1.165, 1.54) is 86.0 Å². The topological polar surface area (TPSA) is 8.17 Å². The zero-order valence-electron chi connectivity index (χ0n) is 32.3. The quantitative estimate of drug-likeness (QED) is 0.175. The van der Waals surface area contributed by atoms with E-state index in [9.17, 15) is 0 Å². The standard InChI is InChI=1S/C52H44N2S/c1-51(2,3)34-28-35(52(4,5)6)30-38(29-34)54-44-23-15-14-21-41(44)43-31-37(25-26-45(43)54)53(36-17-8-7-9-18-36)46-32-48-50(42-22-13-12-20-40(42)46)49-39-19-11-10-16-33(39)24-27-47(49)55-48/h7-32H,1-6H3. The number of fused-ring (bicyclic) bond motifs is 10. The molecular weight excluding hydrogens is 685 g/mol. The predicted molar refractivity (Wildman–Crippen MR) is 241 cm³/mol. The first-order valence-electron chi connectivity index (χ1n) is 19.4. The Morgan fingerprint density at radius 1 is 0.436 bits per heavy atom. The number of benzene rings is 8.